The zero-order chi connectivity index (χ0) is 12.7. The van der Waals surface area contributed by atoms with E-state index in [1.54, 1.807) is 13.2 Å². The summed E-state index contributed by atoms with van der Waals surface area (Å²) in [5.74, 6) is 5.22. The van der Waals surface area contributed by atoms with Crippen LogP contribution in [0.15, 0.2) is 18.2 Å². The highest BCUT2D eigenvalue weighted by Crippen LogP contribution is 2.18. The quantitative estimate of drug-likeness (QED) is 0.430. The second-order valence-corrected chi connectivity index (χ2v) is 3.79. The van der Waals surface area contributed by atoms with E-state index in [1.807, 2.05) is 6.92 Å². The molecular weight excluding hydrogens is 223 g/mol. The van der Waals surface area contributed by atoms with Crippen LogP contribution < -0.4 is 11.3 Å². The Labute approximate surface area is 101 Å². The number of halogens is 1. The summed E-state index contributed by atoms with van der Waals surface area (Å²) in [7, 11) is 1.62. The first-order valence-electron chi connectivity index (χ1n) is 5.48. The Balaban J connectivity index is 2.59. The number of methoxy groups -OCH3 is 1. The summed E-state index contributed by atoms with van der Waals surface area (Å²) in [6.07, 6.45) is 0. The summed E-state index contributed by atoms with van der Waals surface area (Å²) in [5.41, 5.74) is 4.45. The molecule has 0 aliphatic carbocycles. The van der Waals surface area contributed by atoms with Crippen molar-refractivity contribution in [2.45, 2.75) is 13.0 Å². The van der Waals surface area contributed by atoms with Crippen molar-refractivity contribution in [2.75, 3.05) is 26.9 Å². The molecule has 1 aromatic rings. The predicted molar refractivity (Wildman–Crippen MR) is 63.9 cm³/mol. The van der Waals surface area contributed by atoms with E-state index in [2.05, 4.69) is 5.43 Å². The molecule has 0 amide bonds. The lowest BCUT2D eigenvalue weighted by atomic mass is 10.0. The zero-order valence-electron chi connectivity index (χ0n) is 10.2. The predicted octanol–water partition coefficient (Wildman–Crippen LogP) is 1.30. The molecule has 0 heterocycles. The van der Waals surface area contributed by atoms with Crippen molar-refractivity contribution in [3.05, 3.63) is 35.1 Å². The van der Waals surface area contributed by atoms with Crippen LogP contribution in [0.25, 0.3) is 0 Å². The second-order valence-electron chi connectivity index (χ2n) is 3.79. The van der Waals surface area contributed by atoms with E-state index in [0.717, 1.165) is 11.1 Å². The first kappa shape index (κ1) is 14.1. The van der Waals surface area contributed by atoms with Crippen molar-refractivity contribution in [1.29, 1.82) is 0 Å². The molecule has 0 radical (unpaired) electrons. The number of ether oxygens (including phenoxy) is 2. The first-order chi connectivity index (χ1) is 8.19. The smallest absolute Gasteiger partial charge is 0.123 e. The summed E-state index contributed by atoms with van der Waals surface area (Å²) in [6, 6.07) is 4.47. The number of benzene rings is 1. The Morgan fingerprint density at radius 2 is 2.18 bits per heavy atom. The molecule has 4 nitrogen and oxygen atoms in total. The number of rotatable bonds is 7. The van der Waals surface area contributed by atoms with Crippen LogP contribution in [0.2, 0.25) is 0 Å². The summed E-state index contributed by atoms with van der Waals surface area (Å²) < 4.78 is 23.2. The Bertz CT molecular complexity index is 347. The first-order valence-corrected chi connectivity index (χ1v) is 5.48. The van der Waals surface area contributed by atoms with E-state index in [9.17, 15) is 4.39 Å². The minimum atomic E-state index is -0.248. The molecule has 0 aliphatic rings. The van der Waals surface area contributed by atoms with Gasteiger partial charge in [-0.25, -0.2) is 4.39 Å². The molecule has 0 aliphatic heterocycles. The van der Waals surface area contributed by atoms with Gasteiger partial charge in [-0.1, -0.05) is 6.07 Å². The van der Waals surface area contributed by atoms with E-state index in [0.29, 0.717) is 19.8 Å². The van der Waals surface area contributed by atoms with Crippen LogP contribution in [-0.2, 0) is 9.47 Å². The van der Waals surface area contributed by atoms with Gasteiger partial charge in [-0.2, -0.15) is 0 Å². The second kappa shape index (κ2) is 7.34. The van der Waals surface area contributed by atoms with Gasteiger partial charge in [-0.15, -0.1) is 0 Å². The third-order valence-corrected chi connectivity index (χ3v) is 2.52. The molecule has 17 heavy (non-hydrogen) atoms. The molecule has 96 valence electrons. The number of aryl methyl sites for hydroxylation is 1. The van der Waals surface area contributed by atoms with Crippen LogP contribution in [0.3, 0.4) is 0 Å². The number of hydrogen-bond acceptors (Lipinski definition) is 4. The maximum absolute atomic E-state index is 13.0. The molecule has 0 bridgehead atoms. The fourth-order valence-electron chi connectivity index (χ4n) is 1.60. The molecule has 0 aromatic heterocycles. The highest BCUT2D eigenvalue weighted by Gasteiger charge is 2.12. The molecule has 0 saturated heterocycles. The lowest BCUT2D eigenvalue weighted by molar-refractivity contribution is 0.0585. The minimum absolute atomic E-state index is 0.146. The summed E-state index contributed by atoms with van der Waals surface area (Å²) in [5, 5.41) is 0. The average molecular weight is 242 g/mol. The Morgan fingerprint density at radius 1 is 1.41 bits per heavy atom. The Kier molecular flexibility index (Phi) is 6.07. The molecule has 0 spiro atoms. The molecule has 3 N–H and O–H groups in total. The van der Waals surface area contributed by atoms with Gasteiger partial charge in [0.05, 0.1) is 25.9 Å². The highest BCUT2D eigenvalue weighted by molar-refractivity contribution is 5.29. The van der Waals surface area contributed by atoms with Crippen LogP contribution in [0.5, 0.6) is 0 Å². The number of hydrazine groups is 1. The lowest BCUT2D eigenvalue weighted by Crippen LogP contribution is -2.32. The summed E-state index contributed by atoms with van der Waals surface area (Å²) in [4.78, 5) is 0. The van der Waals surface area contributed by atoms with Gasteiger partial charge in [0.1, 0.15) is 5.82 Å². The number of nitrogens with one attached hydrogen (secondary N) is 1. The van der Waals surface area contributed by atoms with Gasteiger partial charge in [0.15, 0.2) is 0 Å². The van der Waals surface area contributed by atoms with E-state index in [-0.39, 0.29) is 11.9 Å². The third kappa shape index (κ3) is 4.40. The molecule has 1 aromatic carbocycles. The molecule has 0 fully saturated rings. The number of hydrogen-bond donors (Lipinski definition) is 2. The monoisotopic (exact) mass is 242 g/mol. The third-order valence-electron chi connectivity index (χ3n) is 2.52. The van der Waals surface area contributed by atoms with Crippen molar-refractivity contribution >= 4 is 0 Å². The van der Waals surface area contributed by atoms with Crippen LogP contribution in [0.4, 0.5) is 4.39 Å². The van der Waals surface area contributed by atoms with Gasteiger partial charge in [0.2, 0.25) is 0 Å². The topological polar surface area (TPSA) is 56.5 Å². The van der Waals surface area contributed by atoms with E-state index >= 15 is 0 Å². The van der Waals surface area contributed by atoms with Crippen LogP contribution in [0, 0.1) is 12.7 Å². The van der Waals surface area contributed by atoms with Gasteiger partial charge in [-0.05, 0) is 30.2 Å². The summed E-state index contributed by atoms with van der Waals surface area (Å²) in [6.45, 7) is 3.32. The maximum Gasteiger partial charge on any atom is 0.123 e. The largest absolute Gasteiger partial charge is 0.382 e. The molecule has 1 unspecified atom stereocenters. The fraction of sp³-hybridized carbons (Fsp3) is 0.500. The van der Waals surface area contributed by atoms with Crippen molar-refractivity contribution in [3.63, 3.8) is 0 Å². The van der Waals surface area contributed by atoms with Crippen molar-refractivity contribution < 1.29 is 13.9 Å². The molecule has 1 atom stereocenters. The van der Waals surface area contributed by atoms with Gasteiger partial charge in [0.25, 0.3) is 0 Å². The van der Waals surface area contributed by atoms with Gasteiger partial charge in [-0.3, -0.25) is 11.3 Å². The maximum atomic E-state index is 13.0. The van der Waals surface area contributed by atoms with Gasteiger partial charge >= 0.3 is 0 Å². The molecular formula is C12H19FN2O2. The van der Waals surface area contributed by atoms with E-state index in [1.165, 1.54) is 12.1 Å². The van der Waals surface area contributed by atoms with Crippen LogP contribution >= 0.6 is 0 Å². The SMILES string of the molecule is COCCOCC(NN)c1ccc(F)cc1C. The Morgan fingerprint density at radius 3 is 2.76 bits per heavy atom. The van der Waals surface area contributed by atoms with E-state index in [4.69, 9.17) is 15.3 Å². The molecule has 1 rings (SSSR count). The Hall–Kier alpha value is -1.01. The summed E-state index contributed by atoms with van der Waals surface area (Å²) >= 11 is 0. The van der Waals surface area contributed by atoms with Crippen molar-refractivity contribution in [1.82, 2.24) is 5.43 Å². The standard InChI is InChI=1S/C12H19FN2O2/c1-9-7-10(13)3-4-11(9)12(15-14)8-17-6-5-16-2/h3-4,7,12,15H,5-6,8,14H2,1-2H3. The fourth-order valence-corrected chi connectivity index (χ4v) is 1.60. The number of nitrogens with two attached hydrogens (primary N) is 1. The molecule has 0 saturated carbocycles. The van der Waals surface area contributed by atoms with Crippen molar-refractivity contribution in [3.8, 4) is 0 Å². The minimum Gasteiger partial charge on any atom is -0.382 e. The zero-order valence-corrected chi connectivity index (χ0v) is 10.2. The normalized spacial score (nSPS) is 12.7. The lowest BCUT2D eigenvalue weighted by Gasteiger charge is -2.18. The van der Waals surface area contributed by atoms with E-state index < -0.39 is 0 Å². The average Bonchev–Trinajstić information content (AvgIpc) is 2.31. The molecule has 5 heteroatoms. The van der Waals surface area contributed by atoms with Crippen LogP contribution in [0.1, 0.15) is 17.2 Å². The van der Waals surface area contributed by atoms with Crippen molar-refractivity contribution in [2.24, 2.45) is 5.84 Å². The van der Waals surface area contributed by atoms with Crippen LogP contribution in [-0.4, -0.2) is 26.9 Å². The highest BCUT2D eigenvalue weighted by atomic mass is 19.1. The van der Waals surface area contributed by atoms with Gasteiger partial charge < -0.3 is 9.47 Å². The van der Waals surface area contributed by atoms with Gasteiger partial charge in [0, 0.05) is 7.11 Å².